The lowest BCUT2D eigenvalue weighted by molar-refractivity contribution is 0.415. The largest absolute Gasteiger partial charge is 0.497 e. The van der Waals surface area contributed by atoms with E-state index in [1.54, 1.807) is 7.11 Å². The molecule has 0 heterocycles. The van der Waals surface area contributed by atoms with Gasteiger partial charge >= 0.3 is 0 Å². The zero-order valence-corrected chi connectivity index (χ0v) is 13.3. The van der Waals surface area contributed by atoms with E-state index in [0.717, 1.165) is 17.9 Å². The van der Waals surface area contributed by atoms with Crippen molar-refractivity contribution in [1.29, 1.82) is 0 Å². The summed E-state index contributed by atoms with van der Waals surface area (Å²) >= 11 is 0. The van der Waals surface area contributed by atoms with Crippen molar-refractivity contribution in [2.45, 2.75) is 26.3 Å². The van der Waals surface area contributed by atoms with E-state index in [4.69, 9.17) is 10.5 Å². The standard InChI is InChI=1S/C18H24N2O/c1-13-11-17(6-5-15(13)12-14(2)19)20(3)16-7-9-18(21-4)10-8-16/h5-11,14H,12,19H2,1-4H3. The highest BCUT2D eigenvalue weighted by Gasteiger charge is 2.07. The van der Waals surface area contributed by atoms with Crippen LogP contribution in [-0.4, -0.2) is 20.2 Å². The quantitative estimate of drug-likeness (QED) is 0.910. The number of rotatable bonds is 5. The molecule has 0 fully saturated rings. The fourth-order valence-corrected chi connectivity index (χ4v) is 2.42. The molecule has 112 valence electrons. The molecule has 2 aromatic rings. The van der Waals surface area contributed by atoms with Gasteiger partial charge in [-0.25, -0.2) is 0 Å². The van der Waals surface area contributed by atoms with Gasteiger partial charge in [-0.2, -0.15) is 0 Å². The van der Waals surface area contributed by atoms with Gasteiger partial charge in [0, 0.05) is 24.5 Å². The molecule has 1 atom stereocenters. The molecule has 0 saturated heterocycles. The number of methoxy groups -OCH3 is 1. The Bertz CT molecular complexity index is 591. The van der Waals surface area contributed by atoms with Crippen LogP contribution in [0.3, 0.4) is 0 Å². The fraction of sp³-hybridized carbons (Fsp3) is 0.333. The van der Waals surface area contributed by atoms with Gasteiger partial charge in [-0.1, -0.05) is 6.07 Å². The number of hydrogen-bond donors (Lipinski definition) is 1. The number of benzene rings is 2. The van der Waals surface area contributed by atoms with Crippen LogP contribution in [0.2, 0.25) is 0 Å². The summed E-state index contributed by atoms with van der Waals surface area (Å²) in [6, 6.07) is 14.8. The van der Waals surface area contributed by atoms with Gasteiger partial charge in [-0.15, -0.1) is 0 Å². The molecule has 1 unspecified atom stereocenters. The molecule has 0 saturated carbocycles. The maximum Gasteiger partial charge on any atom is 0.119 e. The van der Waals surface area contributed by atoms with Crippen LogP contribution >= 0.6 is 0 Å². The predicted molar refractivity (Wildman–Crippen MR) is 89.6 cm³/mol. The Labute approximate surface area is 127 Å². The van der Waals surface area contributed by atoms with Crippen LogP contribution in [0.5, 0.6) is 5.75 Å². The van der Waals surface area contributed by atoms with Crippen molar-refractivity contribution in [3.8, 4) is 5.75 Å². The number of nitrogens with zero attached hydrogens (tertiary/aromatic N) is 1. The van der Waals surface area contributed by atoms with Crippen molar-refractivity contribution in [3.05, 3.63) is 53.6 Å². The Kier molecular flexibility index (Phi) is 4.86. The summed E-state index contributed by atoms with van der Waals surface area (Å²) in [6.45, 7) is 4.18. The van der Waals surface area contributed by atoms with Crippen molar-refractivity contribution in [2.24, 2.45) is 5.73 Å². The predicted octanol–water partition coefficient (Wildman–Crippen LogP) is 3.66. The smallest absolute Gasteiger partial charge is 0.119 e. The van der Waals surface area contributed by atoms with Crippen LogP contribution in [0.15, 0.2) is 42.5 Å². The van der Waals surface area contributed by atoms with Crippen molar-refractivity contribution >= 4 is 11.4 Å². The molecule has 2 rings (SSSR count). The Morgan fingerprint density at radius 2 is 1.71 bits per heavy atom. The van der Waals surface area contributed by atoms with Crippen LogP contribution in [0.1, 0.15) is 18.1 Å². The van der Waals surface area contributed by atoms with E-state index in [-0.39, 0.29) is 6.04 Å². The highest BCUT2D eigenvalue weighted by atomic mass is 16.5. The Morgan fingerprint density at radius 3 is 2.24 bits per heavy atom. The molecule has 0 spiro atoms. The average Bonchev–Trinajstić information content (AvgIpc) is 2.48. The van der Waals surface area contributed by atoms with Gasteiger partial charge < -0.3 is 15.4 Å². The van der Waals surface area contributed by atoms with E-state index in [1.165, 1.54) is 16.8 Å². The highest BCUT2D eigenvalue weighted by molar-refractivity contribution is 5.64. The third kappa shape index (κ3) is 3.76. The Balaban J connectivity index is 2.22. The van der Waals surface area contributed by atoms with Gasteiger partial charge in [0.2, 0.25) is 0 Å². The SMILES string of the molecule is COc1ccc(N(C)c2ccc(CC(C)N)c(C)c2)cc1. The molecule has 0 bridgehead atoms. The van der Waals surface area contributed by atoms with Crippen molar-refractivity contribution in [2.75, 3.05) is 19.1 Å². The second-order valence-electron chi connectivity index (χ2n) is 5.55. The van der Waals surface area contributed by atoms with Crippen molar-refractivity contribution in [1.82, 2.24) is 0 Å². The average molecular weight is 284 g/mol. The van der Waals surface area contributed by atoms with Crippen LogP contribution in [-0.2, 0) is 6.42 Å². The summed E-state index contributed by atoms with van der Waals surface area (Å²) in [7, 11) is 3.75. The van der Waals surface area contributed by atoms with Gasteiger partial charge in [-0.3, -0.25) is 0 Å². The summed E-state index contributed by atoms with van der Waals surface area (Å²) in [5.74, 6) is 0.871. The first-order valence-corrected chi connectivity index (χ1v) is 7.24. The molecule has 0 aliphatic rings. The van der Waals surface area contributed by atoms with Crippen LogP contribution < -0.4 is 15.4 Å². The first kappa shape index (κ1) is 15.4. The first-order valence-electron chi connectivity index (χ1n) is 7.24. The molecule has 3 nitrogen and oxygen atoms in total. The molecule has 0 amide bonds. The number of ether oxygens (including phenoxy) is 1. The van der Waals surface area contributed by atoms with Crippen LogP contribution in [0.4, 0.5) is 11.4 Å². The lowest BCUT2D eigenvalue weighted by Gasteiger charge is -2.21. The zero-order chi connectivity index (χ0) is 15.4. The van der Waals surface area contributed by atoms with Crippen LogP contribution in [0.25, 0.3) is 0 Å². The van der Waals surface area contributed by atoms with Gasteiger partial charge in [0.05, 0.1) is 7.11 Å². The molecule has 2 aromatic carbocycles. The summed E-state index contributed by atoms with van der Waals surface area (Å²) in [4.78, 5) is 2.17. The van der Waals surface area contributed by atoms with E-state index in [1.807, 2.05) is 19.1 Å². The second-order valence-corrected chi connectivity index (χ2v) is 5.55. The number of hydrogen-bond acceptors (Lipinski definition) is 3. The molecule has 0 aromatic heterocycles. The van der Waals surface area contributed by atoms with E-state index in [2.05, 4.69) is 49.2 Å². The lowest BCUT2D eigenvalue weighted by atomic mass is 10.0. The normalized spacial score (nSPS) is 12.0. The molecule has 21 heavy (non-hydrogen) atoms. The summed E-state index contributed by atoms with van der Waals surface area (Å²) in [5, 5.41) is 0. The molecule has 2 N–H and O–H groups in total. The minimum absolute atomic E-state index is 0.189. The monoisotopic (exact) mass is 284 g/mol. The van der Waals surface area contributed by atoms with E-state index in [0.29, 0.717) is 0 Å². The maximum absolute atomic E-state index is 5.89. The Hall–Kier alpha value is -2.00. The summed E-state index contributed by atoms with van der Waals surface area (Å²) < 4.78 is 5.20. The van der Waals surface area contributed by atoms with Gasteiger partial charge in [0.1, 0.15) is 5.75 Å². The summed E-state index contributed by atoms with van der Waals surface area (Å²) in [5.41, 5.74) is 10.8. The minimum atomic E-state index is 0.189. The number of anilines is 2. The third-order valence-corrected chi connectivity index (χ3v) is 3.72. The van der Waals surface area contributed by atoms with E-state index >= 15 is 0 Å². The molecular formula is C18H24N2O. The maximum atomic E-state index is 5.89. The van der Waals surface area contributed by atoms with E-state index in [9.17, 15) is 0 Å². The molecule has 0 aliphatic heterocycles. The lowest BCUT2D eigenvalue weighted by Crippen LogP contribution is -2.18. The van der Waals surface area contributed by atoms with E-state index < -0.39 is 0 Å². The van der Waals surface area contributed by atoms with Crippen LogP contribution in [0, 0.1) is 6.92 Å². The first-order chi connectivity index (χ1) is 10.0. The highest BCUT2D eigenvalue weighted by Crippen LogP contribution is 2.27. The van der Waals surface area contributed by atoms with Crippen molar-refractivity contribution < 1.29 is 4.74 Å². The third-order valence-electron chi connectivity index (χ3n) is 3.72. The zero-order valence-electron chi connectivity index (χ0n) is 13.3. The number of aryl methyl sites for hydroxylation is 1. The fourth-order valence-electron chi connectivity index (χ4n) is 2.42. The van der Waals surface area contributed by atoms with Gasteiger partial charge in [-0.05, 0) is 67.8 Å². The topological polar surface area (TPSA) is 38.5 Å². The molecule has 0 aliphatic carbocycles. The van der Waals surface area contributed by atoms with Crippen molar-refractivity contribution in [3.63, 3.8) is 0 Å². The molecular weight excluding hydrogens is 260 g/mol. The molecule has 3 heteroatoms. The Morgan fingerprint density at radius 1 is 1.10 bits per heavy atom. The van der Waals surface area contributed by atoms with Gasteiger partial charge in [0.15, 0.2) is 0 Å². The summed E-state index contributed by atoms with van der Waals surface area (Å²) in [6.07, 6.45) is 0.915. The minimum Gasteiger partial charge on any atom is -0.497 e. The second kappa shape index (κ2) is 6.64. The molecule has 0 radical (unpaired) electrons. The van der Waals surface area contributed by atoms with Gasteiger partial charge in [0.25, 0.3) is 0 Å². The number of nitrogens with two attached hydrogens (primary N) is 1.